The van der Waals surface area contributed by atoms with Crippen molar-refractivity contribution in [3.63, 3.8) is 0 Å². The van der Waals surface area contributed by atoms with Crippen molar-refractivity contribution < 1.29 is 0 Å². The minimum absolute atomic E-state index is 0.787. The van der Waals surface area contributed by atoms with Crippen LogP contribution in [0.2, 0.25) is 0 Å². The van der Waals surface area contributed by atoms with Crippen LogP contribution in [0.15, 0.2) is 0 Å². The molecule has 0 aliphatic heterocycles. The van der Waals surface area contributed by atoms with Gasteiger partial charge in [0.2, 0.25) is 0 Å². The summed E-state index contributed by atoms with van der Waals surface area (Å²) in [5, 5.41) is 0. The topological polar surface area (TPSA) is 0 Å². The summed E-state index contributed by atoms with van der Waals surface area (Å²) in [6.07, 6.45) is 3.07. The fraction of sp³-hybridized carbons (Fsp3) is 0.778. The molecule has 8 rings (SSSR count). The third-order valence-electron chi connectivity index (χ3n) is 4.23. The minimum atomic E-state index is 0.787. The number of rotatable bonds is 0. The van der Waals surface area contributed by atoms with E-state index in [0.717, 1.165) is 29.1 Å². The predicted molar refractivity (Wildman–Crippen MR) is 33.4 cm³/mol. The second-order valence-corrected chi connectivity index (χ2v) is 4.22. The summed E-state index contributed by atoms with van der Waals surface area (Å²) in [6.45, 7) is 0. The van der Waals surface area contributed by atoms with Gasteiger partial charge in [-0.2, -0.15) is 0 Å². The minimum Gasteiger partial charge on any atom is -0.0986 e. The third-order valence-corrected chi connectivity index (χ3v) is 4.23. The van der Waals surface area contributed by atoms with Gasteiger partial charge in [-0.05, 0) is 30.1 Å². The summed E-state index contributed by atoms with van der Waals surface area (Å²) in [6, 6.07) is 0. The Morgan fingerprint density at radius 2 is 1.78 bits per heavy atom. The monoisotopic (exact) mass is 116 g/mol. The molecule has 0 saturated heterocycles. The molecule has 0 heterocycles. The summed E-state index contributed by atoms with van der Waals surface area (Å²) < 4.78 is 0. The molecule has 1 spiro atoms. The van der Waals surface area contributed by atoms with Crippen LogP contribution in [-0.4, -0.2) is 0 Å². The van der Waals surface area contributed by atoms with Gasteiger partial charge in [0.15, 0.2) is 0 Å². The maximum absolute atomic E-state index is 3.39. The summed E-state index contributed by atoms with van der Waals surface area (Å²) in [7, 11) is 0. The Bertz CT molecular complexity index is 241. The molecule has 5 bridgehead atoms. The maximum Gasteiger partial charge on any atom is 0.0314 e. The van der Waals surface area contributed by atoms with Gasteiger partial charge < -0.3 is 0 Å². The molecule has 0 heteroatoms. The predicted octanol–water partition coefficient (Wildman–Crippen LogP) is 1.28. The van der Waals surface area contributed by atoms with Crippen LogP contribution < -0.4 is 0 Å². The second-order valence-electron chi connectivity index (χ2n) is 4.22. The van der Waals surface area contributed by atoms with Gasteiger partial charge in [0.1, 0.15) is 0 Å². The summed E-state index contributed by atoms with van der Waals surface area (Å²) >= 11 is 0. The molecule has 0 aromatic heterocycles. The Kier molecular flexibility index (Phi) is 0.285. The first-order valence-corrected chi connectivity index (χ1v) is 3.93. The molecule has 0 nitrogen and oxygen atoms in total. The highest BCUT2D eigenvalue weighted by Crippen LogP contribution is 2.83. The van der Waals surface area contributed by atoms with Crippen molar-refractivity contribution in [1.82, 2.24) is 0 Å². The lowest BCUT2D eigenvalue weighted by molar-refractivity contribution is 0.0562. The van der Waals surface area contributed by atoms with Crippen molar-refractivity contribution in [2.75, 3.05) is 0 Å². The molecule has 8 aliphatic rings. The summed E-state index contributed by atoms with van der Waals surface area (Å²) in [4.78, 5) is 0. The first kappa shape index (κ1) is 3.66. The Balaban J connectivity index is 2.10. The van der Waals surface area contributed by atoms with Crippen molar-refractivity contribution in [3.05, 3.63) is 0 Å². The quantitative estimate of drug-likeness (QED) is 0.418. The third kappa shape index (κ3) is 0.157. The lowest BCUT2D eigenvalue weighted by Crippen LogP contribution is -2.41. The first-order chi connectivity index (χ1) is 4.42. The Hall–Kier alpha value is -0.440. The molecule has 0 radical (unpaired) electrons. The average molecular weight is 116 g/mol. The van der Waals surface area contributed by atoms with Crippen LogP contribution in [0.3, 0.4) is 0 Å². The summed E-state index contributed by atoms with van der Waals surface area (Å²) in [5.41, 5.74) is 0.787. The molecule has 0 amide bonds. The zero-order chi connectivity index (χ0) is 5.64. The average Bonchev–Trinajstić information content (AvgIpc) is 2.36. The van der Waals surface area contributed by atoms with E-state index in [4.69, 9.17) is 0 Å². The molecule has 0 N–H and O–H groups in total. The van der Waals surface area contributed by atoms with Crippen LogP contribution in [0.1, 0.15) is 12.8 Å². The van der Waals surface area contributed by atoms with E-state index in [1.807, 2.05) is 0 Å². The van der Waals surface area contributed by atoms with Gasteiger partial charge in [-0.25, -0.2) is 0 Å². The van der Waals surface area contributed by atoms with E-state index < -0.39 is 0 Å². The van der Waals surface area contributed by atoms with Crippen LogP contribution >= 0.6 is 0 Å². The highest BCUT2D eigenvalue weighted by Gasteiger charge is 2.79. The smallest absolute Gasteiger partial charge is 0.0314 e. The van der Waals surface area contributed by atoms with E-state index in [1.54, 1.807) is 0 Å². The molecule has 2 unspecified atom stereocenters. The SMILES string of the molecule is C1#CC2C3C4CC2(C4)C13. The van der Waals surface area contributed by atoms with Gasteiger partial charge in [-0.3, -0.25) is 0 Å². The Morgan fingerprint density at radius 3 is 2.11 bits per heavy atom. The van der Waals surface area contributed by atoms with Crippen molar-refractivity contribution in [2.45, 2.75) is 12.8 Å². The molecule has 6 saturated carbocycles. The first-order valence-electron chi connectivity index (χ1n) is 3.93. The van der Waals surface area contributed by atoms with Crippen LogP contribution in [0.5, 0.6) is 0 Å². The second kappa shape index (κ2) is 0.700. The number of hydrogen-bond acceptors (Lipinski definition) is 0. The largest absolute Gasteiger partial charge is 0.0986 e. The fourth-order valence-corrected chi connectivity index (χ4v) is 3.93. The normalized spacial score (nSPS) is 76.4. The van der Waals surface area contributed by atoms with E-state index in [-0.39, 0.29) is 0 Å². The zero-order valence-electron chi connectivity index (χ0n) is 5.22. The van der Waals surface area contributed by atoms with E-state index in [2.05, 4.69) is 11.8 Å². The number of hydrogen-bond donors (Lipinski definition) is 0. The molecular weight excluding hydrogens is 108 g/mol. The lowest BCUT2D eigenvalue weighted by Gasteiger charge is -2.43. The highest BCUT2D eigenvalue weighted by molar-refractivity contribution is 5.44. The fourth-order valence-electron chi connectivity index (χ4n) is 3.93. The van der Waals surface area contributed by atoms with Gasteiger partial charge in [0.25, 0.3) is 0 Å². The molecule has 8 aliphatic carbocycles. The van der Waals surface area contributed by atoms with Crippen molar-refractivity contribution in [2.24, 2.45) is 29.1 Å². The van der Waals surface area contributed by atoms with Crippen molar-refractivity contribution >= 4 is 0 Å². The molecule has 0 aromatic rings. The highest BCUT2D eigenvalue weighted by atomic mass is 14.8. The molecule has 6 fully saturated rings. The van der Waals surface area contributed by atoms with E-state index in [1.165, 1.54) is 12.8 Å². The van der Waals surface area contributed by atoms with Crippen LogP contribution in [0.4, 0.5) is 0 Å². The van der Waals surface area contributed by atoms with Gasteiger partial charge in [0, 0.05) is 11.8 Å². The van der Waals surface area contributed by atoms with Gasteiger partial charge in [-0.1, -0.05) is 11.8 Å². The van der Waals surface area contributed by atoms with Crippen molar-refractivity contribution in [1.29, 1.82) is 0 Å². The van der Waals surface area contributed by atoms with E-state index in [9.17, 15) is 0 Å². The Morgan fingerprint density at radius 1 is 1.11 bits per heavy atom. The summed E-state index contributed by atoms with van der Waals surface area (Å²) in [5.74, 6) is 10.7. The Labute approximate surface area is 54.6 Å². The maximum atomic E-state index is 3.39. The van der Waals surface area contributed by atoms with Crippen LogP contribution in [0, 0.1) is 40.9 Å². The molecule has 0 aromatic carbocycles. The molecular formula is C9H8. The molecule has 2 atom stereocenters. The van der Waals surface area contributed by atoms with Gasteiger partial charge in [-0.15, -0.1) is 0 Å². The standard InChI is InChI=1S/C9H8/c1-2-7-8-5-3-9(7,4-5)6(1)8/h5-8H,3-4H2. The van der Waals surface area contributed by atoms with Crippen LogP contribution in [0.25, 0.3) is 0 Å². The van der Waals surface area contributed by atoms with Crippen molar-refractivity contribution in [3.8, 4) is 11.8 Å². The van der Waals surface area contributed by atoms with Gasteiger partial charge >= 0.3 is 0 Å². The van der Waals surface area contributed by atoms with Crippen LogP contribution in [-0.2, 0) is 0 Å². The molecule has 9 heavy (non-hydrogen) atoms. The molecule has 44 valence electrons. The van der Waals surface area contributed by atoms with E-state index >= 15 is 0 Å². The van der Waals surface area contributed by atoms with Gasteiger partial charge in [0.05, 0.1) is 0 Å². The van der Waals surface area contributed by atoms with E-state index in [0.29, 0.717) is 0 Å². The lowest BCUT2D eigenvalue weighted by atomic mass is 9.58. The zero-order valence-corrected chi connectivity index (χ0v) is 5.22.